The first-order valence-electron chi connectivity index (χ1n) is 11.4. The summed E-state index contributed by atoms with van der Waals surface area (Å²) in [6.45, 7) is 3.73. The predicted octanol–water partition coefficient (Wildman–Crippen LogP) is 2.18. The van der Waals surface area contributed by atoms with Crippen LogP contribution in [0.5, 0.6) is 11.5 Å². The molecule has 9 nitrogen and oxygen atoms in total. The average Bonchev–Trinajstić information content (AvgIpc) is 3.58. The Kier molecular flexibility index (Phi) is 5.90. The minimum Gasteiger partial charge on any atom is -0.497 e. The number of piperidine rings is 1. The highest BCUT2D eigenvalue weighted by molar-refractivity contribution is 6.09. The third-order valence-corrected chi connectivity index (χ3v) is 6.38. The highest BCUT2D eigenvalue weighted by atomic mass is 16.5. The third-order valence-electron chi connectivity index (χ3n) is 6.38. The van der Waals surface area contributed by atoms with Crippen molar-refractivity contribution in [3.63, 3.8) is 0 Å². The fourth-order valence-corrected chi connectivity index (χ4v) is 4.29. The molecule has 2 aromatic heterocycles. The first-order chi connectivity index (χ1) is 16.0. The standard InChI is InChI=1S/C24H29N5O4/c1-13-20(24(31)29-17-7-8-25-10-18(17)30)22-23(28-13)21(26-12-27-22)16-9-15(32-2)5-6-19(16)33-11-14-3-4-14/h5-6,9,12,14,17-18,25,28,30H,3-4,7-8,10-11H2,1-2H3,(H,29,31)/t17-,18+/m1/s1. The highest BCUT2D eigenvalue weighted by Gasteiger charge is 2.28. The number of ether oxygens (including phenoxy) is 2. The number of rotatable bonds is 7. The second-order valence-electron chi connectivity index (χ2n) is 8.83. The molecule has 0 bridgehead atoms. The smallest absolute Gasteiger partial charge is 0.255 e. The van der Waals surface area contributed by atoms with Crippen LogP contribution in [0, 0.1) is 12.8 Å². The molecule has 2 atom stereocenters. The maximum absolute atomic E-state index is 13.2. The molecule has 0 spiro atoms. The lowest BCUT2D eigenvalue weighted by Gasteiger charge is -2.29. The molecule has 1 amide bonds. The zero-order valence-corrected chi connectivity index (χ0v) is 18.9. The van der Waals surface area contributed by atoms with Crippen molar-refractivity contribution in [3.05, 3.63) is 35.8 Å². The molecule has 1 saturated heterocycles. The van der Waals surface area contributed by atoms with Crippen LogP contribution < -0.4 is 20.1 Å². The van der Waals surface area contributed by atoms with Crippen LogP contribution in [0.4, 0.5) is 0 Å². The second-order valence-corrected chi connectivity index (χ2v) is 8.83. The number of amides is 1. The molecule has 1 aliphatic heterocycles. The van der Waals surface area contributed by atoms with Gasteiger partial charge in [-0.3, -0.25) is 4.79 Å². The number of hydrogen-bond acceptors (Lipinski definition) is 7. The molecule has 174 valence electrons. The van der Waals surface area contributed by atoms with Crippen LogP contribution in [-0.2, 0) is 0 Å². The maximum atomic E-state index is 13.2. The number of nitrogens with one attached hydrogen (secondary N) is 3. The van der Waals surface area contributed by atoms with Gasteiger partial charge in [-0.05, 0) is 56.8 Å². The third kappa shape index (κ3) is 4.38. The zero-order chi connectivity index (χ0) is 22.9. The molecule has 0 unspecified atom stereocenters. The monoisotopic (exact) mass is 451 g/mol. The largest absolute Gasteiger partial charge is 0.497 e. The van der Waals surface area contributed by atoms with E-state index in [1.54, 1.807) is 7.11 Å². The van der Waals surface area contributed by atoms with E-state index in [-0.39, 0.29) is 11.9 Å². The topological polar surface area (TPSA) is 121 Å². The van der Waals surface area contributed by atoms with Crippen molar-refractivity contribution in [3.8, 4) is 22.8 Å². The van der Waals surface area contributed by atoms with Gasteiger partial charge >= 0.3 is 0 Å². The normalized spacial score (nSPS) is 20.6. The molecule has 3 aromatic rings. The Morgan fingerprint density at radius 2 is 2.12 bits per heavy atom. The Morgan fingerprint density at radius 3 is 2.88 bits per heavy atom. The van der Waals surface area contributed by atoms with E-state index in [2.05, 4.69) is 25.6 Å². The fraction of sp³-hybridized carbons (Fsp3) is 0.458. The van der Waals surface area contributed by atoms with Crippen molar-refractivity contribution in [1.29, 1.82) is 0 Å². The lowest BCUT2D eigenvalue weighted by atomic mass is 10.0. The van der Waals surface area contributed by atoms with Crippen molar-refractivity contribution in [2.75, 3.05) is 26.8 Å². The number of aliphatic hydroxyl groups is 1. The summed E-state index contributed by atoms with van der Waals surface area (Å²) in [6.07, 6.45) is 3.90. The van der Waals surface area contributed by atoms with Crippen LogP contribution in [0.15, 0.2) is 24.5 Å². The number of fused-ring (bicyclic) bond motifs is 1. The van der Waals surface area contributed by atoms with Gasteiger partial charge in [0.05, 0.1) is 36.9 Å². The highest BCUT2D eigenvalue weighted by Crippen LogP contribution is 2.38. The fourth-order valence-electron chi connectivity index (χ4n) is 4.29. The number of methoxy groups -OCH3 is 1. The maximum Gasteiger partial charge on any atom is 0.255 e. The van der Waals surface area contributed by atoms with Gasteiger partial charge in [0.2, 0.25) is 0 Å². The van der Waals surface area contributed by atoms with E-state index >= 15 is 0 Å². The molecule has 5 rings (SSSR count). The second kappa shape index (κ2) is 8.99. The van der Waals surface area contributed by atoms with Crippen molar-refractivity contribution < 1.29 is 19.4 Å². The summed E-state index contributed by atoms with van der Waals surface area (Å²) in [5.74, 6) is 1.76. The van der Waals surface area contributed by atoms with Crippen molar-refractivity contribution in [1.82, 2.24) is 25.6 Å². The molecule has 2 fully saturated rings. The predicted molar refractivity (Wildman–Crippen MR) is 124 cm³/mol. The summed E-state index contributed by atoms with van der Waals surface area (Å²) in [5, 5.41) is 16.3. The number of benzene rings is 1. The minimum absolute atomic E-state index is 0.259. The van der Waals surface area contributed by atoms with Crippen LogP contribution in [0.25, 0.3) is 22.3 Å². The van der Waals surface area contributed by atoms with Crippen LogP contribution >= 0.6 is 0 Å². The van der Waals surface area contributed by atoms with Gasteiger partial charge in [-0.1, -0.05) is 0 Å². The van der Waals surface area contributed by atoms with Crippen LogP contribution in [0.1, 0.15) is 35.3 Å². The van der Waals surface area contributed by atoms with Gasteiger partial charge in [0.15, 0.2) is 0 Å². The van der Waals surface area contributed by atoms with Crippen LogP contribution in [-0.4, -0.2) is 64.9 Å². The van der Waals surface area contributed by atoms with Crippen molar-refractivity contribution in [2.45, 2.75) is 38.3 Å². The van der Waals surface area contributed by atoms with Gasteiger partial charge in [-0.25, -0.2) is 9.97 Å². The van der Waals surface area contributed by atoms with E-state index < -0.39 is 6.10 Å². The van der Waals surface area contributed by atoms with E-state index in [1.807, 2.05) is 25.1 Å². The summed E-state index contributed by atoms with van der Waals surface area (Å²) >= 11 is 0. The number of aryl methyl sites for hydroxylation is 1. The summed E-state index contributed by atoms with van der Waals surface area (Å²) in [4.78, 5) is 25.5. The first-order valence-corrected chi connectivity index (χ1v) is 11.4. The summed E-state index contributed by atoms with van der Waals surface area (Å²) in [6, 6.07) is 5.36. The lowest BCUT2D eigenvalue weighted by molar-refractivity contribution is 0.0766. The molecule has 9 heteroatoms. The average molecular weight is 452 g/mol. The molecule has 4 N–H and O–H groups in total. The molecular formula is C24H29N5O4. The van der Waals surface area contributed by atoms with E-state index in [0.717, 1.165) is 17.9 Å². The van der Waals surface area contributed by atoms with Gasteiger partial charge < -0.3 is 30.2 Å². The number of aliphatic hydroxyl groups excluding tert-OH is 1. The van der Waals surface area contributed by atoms with Crippen molar-refractivity contribution in [2.24, 2.45) is 5.92 Å². The minimum atomic E-state index is -0.624. The number of β-amino-alcohol motifs (C(OH)–C–C–N with tert-alkyl or cyclic N) is 1. The Balaban J connectivity index is 1.52. The Labute approximate surface area is 191 Å². The van der Waals surface area contributed by atoms with Gasteiger partial charge in [0.25, 0.3) is 5.91 Å². The number of aromatic nitrogens is 3. The first kappa shape index (κ1) is 21.7. The molecule has 1 aliphatic carbocycles. The summed E-state index contributed by atoms with van der Waals surface area (Å²) in [7, 11) is 1.62. The number of carbonyl (C=O) groups excluding carboxylic acids is 1. The van der Waals surface area contributed by atoms with Gasteiger partial charge in [0.1, 0.15) is 29.0 Å². The molecule has 0 radical (unpaired) electrons. The van der Waals surface area contributed by atoms with E-state index in [4.69, 9.17) is 9.47 Å². The number of carbonyl (C=O) groups is 1. The number of hydrogen-bond donors (Lipinski definition) is 4. The molecule has 1 aromatic carbocycles. The molecule has 3 heterocycles. The Bertz CT molecular complexity index is 1170. The van der Waals surface area contributed by atoms with E-state index in [9.17, 15) is 9.90 Å². The Hall–Kier alpha value is -3.17. The summed E-state index contributed by atoms with van der Waals surface area (Å²) in [5.41, 5.74) is 3.78. The van der Waals surface area contributed by atoms with Crippen LogP contribution in [0.2, 0.25) is 0 Å². The van der Waals surface area contributed by atoms with Gasteiger partial charge in [-0.15, -0.1) is 0 Å². The van der Waals surface area contributed by atoms with Crippen molar-refractivity contribution >= 4 is 16.9 Å². The quantitative estimate of drug-likeness (QED) is 0.434. The van der Waals surface area contributed by atoms with Gasteiger partial charge in [0, 0.05) is 17.8 Å². The van der Waals surface area contributed by atoms with E-state index in [1.165, 1.54) is 19.2 Å². The van der Waals surface area contributed by atoms with Crippen LogP contribution in [0.3, 0.4) is 0 Å². The number of nitrogens with zero attached hydrogens (tertiary/aromatic N) is 2. The van der Waals surface area contributed by atoms with Gasteiger partial charge in [-0.2, -0.15) is 0 Å². The molecule has 33 heavy (non-hydrogen) atoms. The zero-order valence-electron chi connectivity index (χ0n) is 18.9. The SMILES string of the molecule is COc1ccc(OCC2CC2)c(-c2ncnc3c(C(=O)N[C@@H]4CCNC[C@@H]4O)c(C)[nH]c23)c1. The lowest BCUT2D eigenvalue weighted by Crippen LogP contribution is -2.52. The molecule has 1 saturated carbocycles. The number of H-pyrrole nitrogens is 1. The Morgan fingerprint density at radius 1 is 1.27 bits per heavy atom. The molecular weight excluding hydrogens is 422 g/mol. The summed E-state index contributed by atoms with van der Waals surface area (Å²) < 4.78 is 11.6. The van der Waals surface area contributed by atoms with E-state index in [0.29, 0.717) is 59.2 Å². The number of aromatic amines is 1. The molecule has 2 aliphatic rings.